The van der Waals surface area contributed by atoms with Crippen molar-refractivity contribution in [3.05, 3.63) is 0 Å². The lowest BCUT2D eigenvalue weighted by molar-refractivity contribution is -0.859. The van der Waals surface area contributed by atoms with E-state index in [9.17, 15) is 0 Å². The zero-order valence-corrected chi connectivity index (χ0v) is 7.89. The number of hydrogen-bond donors (Lipinski definition) is 0. The number of nitrogens with zero attached hydrogens (tertiary/aromatic N) is 1. The molecule has 1 nitrogen and oxygen atoms in total. The fraction of sp³-hybridized carbons (Fsp3) is 1.00. The molecule has 0 bridgehead atoms. The maximum atomic E-state index is 2.39. The molecule has 0 amide bonds. The van der Waals surface area contributed by atoms with Crippen molar-refractivity contribution in [1.82, 2.24) is 0 Å². The second-order valence-corrected chi connectivity index (χ2v) is 7.02. The van der Waals surface area contributed by atoms with Gasteiger partial charge in [-0.2, -0.15) is 0 Å². The molecule has 8 heavy (non-hydrogen) atoms. The first-order chi connectivity index (χ1) is 3.42. The van der Waals surface area contributed by atoms with Crippen molar-refractivity contribution in [3.8, 4) is 0 Å². The zero-order valence-electron chi connectivity index (χ0n) is 6.73. The maximum absolute atomic E-state index is 2.39. The Hall–Kier alpha value is 0.177. The second kappa shape index (κ2) is 2.64. The van der Waals surface area contributed by atoms with Gasteiger partial charge in [0.25, 0.3) is 0 Å². The van der Waals surface area contributed by atoms with Gasteiger partial charge in [-0.3, -0.25) is 0 Å². The Morgan fingerprint density at radius 3 is 1.50 bits per heavy atom. The third-order valence-corrected chi connectivity index (χ3v) is 2.74. The van der Waals surface area contributed by atoms with Crippen molar-refractivity contribution in [2.45, 2.75) is 13.1 Å². The van der Waals surface area contributed by atoms with Crippen molar-refractivity contribution in [2.24, 2.45) is 0 Å². The molecule has 0 atom stereocenters. The molecule has 2 heteroatoms. The monoisotopic (exact) mass is 132 g/mol. The van der Waals surface area contributed by atoms with Gasteiger partial charge in [0.05, 0.1) is 36.1 Å². The highest BCUT2D eigenvalue weighted by Crippen LogP contribution is 1.91. The van der Waals surface area contributed by atoms with Crippen molar-refractivity contribution in [2.75, 3.05) is 27.3 Å². The Labute approximate surface area is 54.5 Å². The molecule has 0 aliphatic heterocycles. The summed E-state index contributed by atoms with van der Waals surface area (Å²) in [6, 6.07) is 0. The molecule has 0 spiro atoms. The van der Waals surface area contributed by atoms with E-state index in [1.165, 1.54) is 6.17 Å². The van der Waals surface area contributed by atoms with E-state index >= 15 is 0 Å². The van der Waals surface area contributed by atoms with Crippen LogP contribution < -0.4 is 0 Å². The Morgan fingerprint density at radius 1 is 1.12 bits per heavy atom. The van der Waals surface area contributed by atoms with Gasteiger partial charge in [0.2, 0.25) is 0 Å². The number of hydrogen-bond acceptors (Lipinski definition) is 0. The van der Waals surface area contributed by atoms with Crippen LogP contribution in [0.5, 0.6) is 0 Å². The molecule has 0 fully saturated rings. The van der Waals surface area contributed by atoms with E-state index in [0.717, 1.165) is 4.48 Å². The summed E-state index contributed by atoms with van der Waals surface area (Å²) in [4.78, 5) is 0. The molecule has 0 heterocycles. The van der Waals surface area contributed by atoms with E-state index in [1.807, 2.05) is 0 Å². The molecule has 0 aliphatic carbocycles. The maximum Gasteiger partial charge on any atom is 0.0976 e. The lowest BCUT2D eigenvalue weighted by atomic mass is 10.8. The highest BCUT2D eigenvalue weighted by Gasteiger charge is 2.09. The Balaban J connectivity index is 3.39. The Kier molecular flexibility index (Phi) is 2.70. The number of quaternary nitrogens is 1. The summed E-state index contributed by atoms with van der Waals surface area (Å²) in [5.41, 5.74) is 0. The SMILES string of the molecule is C[SiH](C)C[N+](C)(C)C. The molecular formula is C6H18NSi+. The molecule has 0 aromatic heterocycles. The van der Waals surface area contributed by atoms with Crippen molar-refractivity contribution >= 4 is 8.80 Å². The fourth-order valence-electron chi connectivity index (χ4n) is 1.10. The van der Waals surface area contributed by atoms with Crippen LogP contribution in [-0.4, -0.2) is 40.6 Å². The van der Waals surface area contributed by atoms with Gasteiger partial charge in [-0.1, -0.05) is 13.1 Å². The summed E-state index contributed by atoms with van der Waals surface area (Å²) >= 11 is 0. The van der Waals surface area contributed by atoms with Crippen LogP contribution in [0.2, 0.25) is 13.1 Å². The first-order valence-electron chi connectivity index (χ1n) is 3.22. The van der Waals surface area contributed by atoms with Crippen LogP contribution in [0.3, 0.4) is 0 Å². The third kappa shape index (κ3) is 6.18. The second-order valence-electron chi connectivity index (χ2n) is 3.87. The van der Waals surface area contributed by atoms with E-state index in [2.05, 4.69) is 34.2 Å². The normalized spacial score (nSPS) is 12.8. The van der Waals surface area contributed by atoms with Gasteiger partial charge in [-0.25, -0.2) is 0 Å². The molecule has 50 valence electrons. The van der Waals surface area contributed by atoms with Gasteiger partial charge in [0.1, 0.15) is 0 Å². The molecular weight excluding hydrogens is 114 g/mol. The average molecular weight is 132 g/mol. The summed E-state index contributed by atoms with van der Waals surface area (Å²) < 4.78 is 1.14. The molecule has 0 saturated heterocycles. The summed E-state index contributed by atoms with van der Waals surface area (Å²) in [6.07, 6.45) is 1.40. The molecule has 0 saturated carbocycles. The summed E-state index contributed by atoms with van der Waals surface area (Å²) in [7, 11) is 6.45. The van der Waals surface area contributed by atoms with Crippen LogP contribution in [0.15, 0.2) is 0 Å². The molecule has 0 N–H and O–H groups in total. The first kappa shape index (κ1) is 8.18. The molecule has 0 radical (unpaired) electrons. The van der Waals surface area contributed by atoms with Gasteiger partial charge in [-0.15, -0.1) is 0 Å². The van der Waals surface area contributed by atoms with Crippen LogP contribution in [-0.2, 0) is 0 Å². The van der Waals surface area contributed by atoms with Gasteiger partial charge >= 0.3 is 0 Å². The molecule has 0 unspecified atom stereocenters. The van der Waals surface area contributed by atoms with Crippen molar-refractivity contribution in [3.63, 3.8) is 0 Å². The summed E-state index contributed by atoms with van der Waals surface area (Å²) in [5.74, 6) is 0. The highest BCUT2D eigenvalue weighted by atomic mass is 28.3. The lowest BCUT2D eigenvalue weighted by Crippen LogP contribution is -2.41. The molecule has 0 aromatic rings. The van der Waals surface area contributed by atoms with Crippen LogP contribution in [0.4, 0.5) is 0 Å². The van der Waals surface area contributed by atoms with Gasteiger partial charge in [0.15, 0.2) is 0 Å². The Morgan fingerprint density at radius 2 is 1.50 bits per heavy atom. The zero-order chi connectivity index (χ0) is 6.78. The predicted molar refractivity (Wildman–Crippen MR) is 41.8 cm³/mol. The van der Waals surface area contributed by atoms with E-state index in [-0.39, 0.29) is 8.80 Å². The minimum atomic E-state index is -0.323. The molecule has 0 rings (SSSR count). The average Bonchev–Trinajstić information content (AvgIpc) is 1.21. The minimum absolute atomic E-state index is 0.323. The van der Waals surface area contributed by atoms with Crippen molar-refractivity contribution in [1.29, 1.82) is 0 Å². The van der Waals surface area contributed by atoms with Crippen molar-refractivity contribution < 1.29 is 4.48 Å². The van der Waals surface area contributed by atoms with Gasteiger partial charge < -0.3 is 4.48 Å². The summed E-state index contributed by atoms with van der Waals surface area (Å²) in [5, 5.41) is 0. The third-order valence-electron chi connectivity index (χ3n) is 0.913. The van der Waals surface area contributed by atoms with Crippen LogP contribution in [0.25, 0.3) is 0 Å². The number of rotatable bonds is 2. The standard InChI is InChI=1S/C6H18NSi/c1-7(2,3)6-8(4)5/h8H,6H2,1-5H3/q+1. The quantitative estimate of drug-likeness (QED) is 0.384. The predicted octanol–water partition coefficient (Wildman–Crippen LogP) is 0.718. The highest BCUT2D eigenvalue weighted by molar-refractivity contribution is 6.55. The summed E-state index contributed by atoms with van der Waals surface area (Å²) in [6.45, 7) is 4.78. The molecule has 0 aromatic carbocycles. The first-order valence-corrected chi connectivity index (χ1v) is 6.35. The van der Waals surface area contributed by atoms with E-state index in [1.54, 1.807) is 0 Å². The topological polar surface area (TPSA) is 0 Å². The molecule has 0 aliphatic rings. The van der Waals surface area contributed by atoms with Gasteiger partial charge in [-0.05, 0) is 0 Å². The fourth-order valence-corrected chi connectivity index (χ4v) is 3.29. The lowest BCUT2D eigenvalue weighted by Gasteiger charge is -2.25. The van der Waals surface area contributed by atoms with E-state index in [0.29, 0.717) is 0 Å². The minimum Gasteiger partial charge on any atom is -0.335 e. The van der Waals surface area contributed by atoms with Crippen LogP contribution in [0, 0.1) is 0 Å². The van der Waals surface area contributed by atoms with Crippen LogP contribution in [0.1, 0.15) is 0 Å². The van der Waals surface area contributed by atoms with Gasteiger partial charge in [0, 0.05) is 0 Å². The largest absolute Gasteiger partial charge is 0.335 e. The van der Waals surface area contributed by atoms with E-state index < -0.39 is 0 Å². The van der Waals surface area contributed by atoms with Crippen LogP contribution >= 0.6 is 0 Å². The smallest absolute Gasteiger partial charge is 0.0976 e. The Bertz CT molecular complexity index is 63.4. The van der Waals surface area contributed by atoms with E-state index in [4.69, 9.17) is 0 Å².